The Balaban J connectivity index is 2.87. The van der Waals surface area contributed by atoms with E-state index in [0.29, 0.717) is 0 Å². The van der Waals surface area contributed by atoms with E-state index >= 15 is 0 Å². The summed E-state index contributed by atoms with van der Waals surface area (Å²) in [4.78, 5) is 8.39. The lowest BCUT2D eigenvalue weighted by Crippen LogP contribution is -2.22. The molecule has 0 aliphatic carbocycles. The molecule has 1 aromatic rings. The van der Waals surface area contributed by atoms with E-state index in [1.54, 1.807) is 18.4 Å². The molecular formula is C15H29N3OS. The molecule has 116 valence electrons. The van der Waals surface area contributed by atoms with E-state index in [0.717, 1.165) is 37.8 Å². The van der Waals surface area contributed by atoms with Crippen LogP contribution in [0.25, 0.3) is 0 Å². The zero-order valence-electron chi connectivity index (χ0n) is 13.7. The Morgan fingerprint density at radius 3 is 2.60 bits per heavy atom. The molecule has 0 aliphatic rings. The fourth-order valence-electron chi connectivity index (χ4n) is 1.91. The maximum Gasteiger partial charge on any atom is 0.185 e. The smallest absolute Gasteiger partial charge is 0.185 e. The van der Waals surface area contributed by atoms with E-state index in [4.69, 9.17) is 9.72 Å². The van der Waals surface area contributed by atoms with Gasteiger partial charge in [-0.15, -0.1) is 11.3 Å². The number of aromatic nitrogens is 1. The van der Waals surface area contributed by atoms with Gasteiger partial charge in [-0.1, -0.05) is 27.7 Å². The van der Waals surface area contributed by atoms with E-state index in [1.807, 2.05) is 0 Å². The van der Waals surface area contributed by atoms with Crippen molar-refractivity contribution in [3.8, 4) is 0 Å². The van der Waals surface area contributed by atoms with Gasteiger partial charge in [-0.05, 0) is 13.0 Å². The van der Waals surface area contributed by atoms with Crippen LogP contribution in [-0.2, 0) is 16.7 Å². The van der Waals surface area contributed by atoms with Gasteiger partial charge in [-0.2, -0.15) is 0 Å². The van der Waals surface area contributed by atoms with Gasteiger partial charge in [0.25, 0.3) is 0 Å². The highest BCUT2D eigenvalue weighted by molar-refractivity contribution is 7.15. The summed E-state index contributed by atoms with van der Waals surface area (Å²) >= 11 is 1.79. The number of nitrogens with zero attached hydrogens (tertiary/aromatic N) is 2. The van der Waals surface area contributed by atoms with Crippen molar-refractivity contribution in [2.75, 3.05) is 38.8 Å². The molecule has 0 aliphatic heterocycles. The molecule has 20 heavy (non-hydrogen) atoms. The Kier molecular flexibility index (Phi) is 6.92. The Morgan fingerprint density at radius 2 is 2.05 bits per heavy atom. The van der Waals surface area contributed by atoms with E-state index < -0.39 is 0 Å². The van der Waals surface area contributed by atoms with Gasteiger partial charge >= 0.3 is 0 Å². The van der Waals surface area contributed by atoms with Gasteiger partial charge in [0.05, 0.1) is 12.3 Å². The molecule has 0 spiro atoms. The molecule has 0 saturated heterocycles. The van der Waals surface area contributed by atoms with Crippen LogP contribution in [0.1, 0.15) is 44.7 Å². The first kappa shape index (κ1) is 17.4. The van der Waals surface area contributed by atoms with E-state index in [-0.39, 0.29) is 5.41 Å². The number of hydrogen-bond acceptors (Lipinski definition) is 5. The van der Waals surface area contributed by atoms with Gasteiger partial charge in [0.15, 0.2) is 5.13 Å². The highest BCUT2D eigenvalue weighted by Crippen LogP contribution is 2.33. The zero-order chi connectivity index (χ0) is 15.2. The largest absolute Gasteiger partial charge is 0.383 e. The molecule has 0 fully saturated rings. The zero-order valence-corrected chi connectivity index (χ0v) is 14.6. The fourth-order valence-corrected chi connectivity index (χ4v) is 3.14. The molecule has 0 aromatic carbocycles. The third kappa shape index (κ3) is 5.04. The van der Waals surface area contributed by atoms with Gasteiger partial charge in [-0.25, -0.2) is 4.98 Å². The number of thiazole rings is 1. The van der Waals surface area contributed by atoms with Gasteiger partial charge in [0, 0.05) is 37.5 Å². The molecule has 0 saturated carbocycles. The number of ether oxygens (including phenoxy) is 1. The standard InChI is InChI=1S/C15H29N3OS/c1-7-8-16-11-12-13(15(2,3)4)17-14(20-12)18(5)9-10-19-6/h16H,7-11H2,1-6H3. The van der Waals surface area contributed by atoms with E-state index in [2.05, 4.69) is 45.0 Å². The van der Waals surface area contributed by atoms with Crippen molar-refractivity contribution in [3.05, 3.63) is 10.6 Å². The Hall–Kier alpha value is -0.650. The monoisotopic (exact) mass is 299 g/mol. The third-order valence-corrected chi connectivity index (χ3v) is 4.24. The van der Waals surface area contributed by atoms with Crippen LogP contribution in [0.5, 0.6) is 0 Å². The summed E-state index contributed by atoms with van der Waals surface area (Å²) in [5.41, 5.74) is 1.30. The number of nitrogens with one attached hydrogen (secondary N) is 1. The second-order valence-electron chi connectivity index (χ2n) is 6.11. The van der Waals surface area contributed by atoms with Gasteiger partial charge in [-0.3, -0.25) is 0 Å². The van der Waals surface area contributed by atoms with Gasteiger partial charge in [0.2, 0.25) is 0 Å². The topological polar surface area (TPSA) is 37.4 Å². The number of hydrogen-bond donors (Lipinski definition) is 1. The Labute approximate surface area is 127 Å². The van der Waals surface area contributed by atoms with Crippen molar-refractivity contribution in [2.45, 2.75) is 46.1 Å². The second-order valence-corrected chi connectivity index (χ2v) is 7.17. The summed E-state index contributed by atoms with van der Waals surface area (Å²) in [6.07, 6.45) is 1.16. The number of likely N-dealkylation sites (N-methyl/N-ethyl adjacent to an activating group) is 1. The summed E-state index contributed by atoms with van der Waals surface area (Å²) in [5, 5.41) is 4.57. The van der Waals surface area contributed by atoms with Crippen LogP contribution in [0.4, 0.5) is 5.13 Å². The maximum atomic E-state index is 5.14. The first-order chi connectivity index (χ1) is 9.40. The first-order valence-electron chi connectivity index (χ1n) is 7.31. The predicted octanol–water partition coefficient (Wildman–Crippen LogP) is 3.02. The molecule has 1 N–H and O–H groups in total. The lowest BCUT2D eigenvalue weighted by atomic mass is 9.91. The molecule has 1 heterocycles. The van der Waals surface area contributed by atoms with Crippen molar-refractivity contribution in [3.63, 3.8) is 0 Å². The average molecular weight is 299 g/mol. The summed E-state index contributed by atoms with van der Waals surface area (Å²) in [6.45, 7) is 12.4. The van der Waals surface area contributed by atoms with Crippen LogP contribution in [-0.4, -0.2) is 38.8 Å². The predicted molar refractivity (Wildman–Crippen MR) is 88.0 cm³/mol. The van der Waals surface area contributed by atoms with E-state index in [9.17, 15) is 0 Å². The lowest BCUT2D eigenvalue weighted by Gasteiger charge is -2.18. The fraction of sp³-hybridized carbons (Fsp3) is 0.800. The normalized spacial score (nSPS) is 11.9. The quantitative estimate of drug-likeness (QED) is 0.749. The molecule has 5 heteroatoms. The minimum atomic E-state index is 0.0834. The third-order valence-electron chi connectivity index (χ3n) is 3.07. The molecule has 0 bridgehead atoms. The van der Waals surface area contributed by atoms with Crippen LogP contribution >= 0.6 is 11.3 Å². The molecule has 1 rings (SSSR count). The van der Waals surface area contributed by atoms with Crippen LogP contribution in [0.3, 0.4) is 0 Å². The molecule has 0 radical (unpaired) electrons. The second kappa shape index (κ2) is 7.96. The number of methoxy groups -OCH3 is 1. The summed E-state index contributed by atoms with van der Waals surface area (Å²) in [5.74, 6) is 0. The summed E-state index contributed by atoms with van der Waals surface area (Å²) < 4.78 is 5.14. The van der Waals surface area contributed by atoms with Crippen molar-refractivity contribution in [1.29, 1.82) is 0 Å². The minimum Gasteiger partial charge on any atom is -0.383 e. The highest BCUT2D eigenvalue weighted by Gasteiger charge is 2.24. The Morgan fingerprint density at radius 1 is 1.35 bits per heavy atom. The van der Waals surface area contributed by atoms with Crippen molar-refractivity contribution < 1.29 is 4.74 Å². The lowest BCUT2D eigenvalue weighted by molar-refractivity contribution is 0.206. The molecule has 1 aromatic heterocycles. The Bertz CT molecular complexity index is 398. The molecular weight excluding hydrogens is 270 g/mol. The van der Waals surface area contributed by atoms with Crippen LogP contribution < -0.4 is 10.2 Å². The van der Waals surface area contributed by atoms with Crippen molar-refractivity contribution >= 4 is 16.5 Å². The van der Waals surface area contributed by atoms with E-state index in [1.165, 1.54) is 10.6 Å². The SMILES string of the molecule is CCCNCc1sc(N(C)CCOC)nc1C(C)(C)C. The number of rotatable bonds is 8. The highest BCUT2D eigenvalue weighted by atomic mass is 32.1. The molecule has 4 nitrogen and oxygen atoms in total. The summed E-state index contributed by atoms with van der Waals surface area (Å²) in [6, 6.07) is 0. The maximum absolute atomic E-state index is 5.14. The summed E-state index contributed by atoms with van der Waals surface area (Å²) in [7, 11) is 3.81. The molecule has 0 atom stereocenters. The van der Waals surface area contributed by atoms with Crippen molar-refractivity contribution in [2.24, 2.45) is 0 Å². The van der Waals surface area contributed by atoms with Crippen LogP contribution in [0.2, 0.25) is 0 Å². The number of anilines is 1. The molecule has 0 amide bonds. The van der Waals surface area contributed by atoms with Crippen molar-refractivity contribution in [1.82, 2.24) is 10.3 Å². The van der Waals surface area contributed by atoms with Crippen LogP contribution in [0.15, 0.2) is 0 Å². The minimum absolute atomic E-state index is 0.0834. The average Bonchev–Trinajstić information content (AvgIpc) is 2.80. The first-order valence-corrected chi connectivity index (χ1v) is 8.12. The van der Waals surface area contributed by atoms with Gasteiger partial charge < -0.3 is 15.0 Å². The van der Waals surface area contributed by atoms with Gasteiger partial charge in [0.1, 0.15) is 0 Å². The van der Waals surface area contributed by atoms with Crippen LogP contribution in [0, 0.1) is 0 Å². The molecule has 0 unspecified atom stereocenters.